The van der Waals surface area contributed by atoms with Crippen molar-refractivity contribution in [1.29, 1.82) is 0 Å². The van der Waals surface area contributed by atoms with Gasteiger partial charge in [0, 0.05) is 16.8 Å². The van der Waals surface area contributed by atoms with Crippen LogP contribution in [0.25, 0.3) is 0 Å². The van der Waals surface area contributed by atoms with Crippen LogP contribution in [0.2, 0.25) is 0 Å². The molecule has 25 heavy (non-hydrogen) atoms. The molecule has 9 heteroatoms. The Bertz CT molecular complexity index is 744. The number of aryl methyl sites for hydroxylation is 2. The lowest BCUT2D eigenvalue weighted by Crippen LogP contribution is -2.20. The molecule has 0 aliphatic heterocycles. The second-order valence-corrected chi connectivity index (χ2v) is 8.94. The first-order chi connectivity index (χ1) is 11.1. The van der Waals surface area contributed by atoms with Crippen LogP contribution in [0.4, 0.5) is 5.13 Å². The number of carbonyl (C=O) groups is 1. The SMILES string of the molecule is Cc1nnc(NC(=O)c2cc([C@@H]3C[C@H]3NCC3CC3)c(C)s2)s1.Cl.Cl. The number of thiophene rings is 1. The molecule has 2 aliphatic carbocycles. The Kier molecular flexibility index (Phi) is 6.84. The zero-order chi connectivity index (χ0) is 16.0. The van der Waals surface area contributed by atoms with E-state index in [9.17, 15) is 4.79 Å². The molecular formula is C16H22Cl2N4OS2. The average molecular weight is 421 g/mol. The van der Waals surface area contributed by atoms with Gasteiger partial charge >= 0.3 is 0 Å². The van der Waals surface area contributed by atoms with E-state index in [-0.39, 0.29) is 30.7 Å². The zero-order valence-electron chi connectivity index (χ0n) is 14.1. The fourth-order valence-corrected chi connectivity index (χ4v) is 4.46. The fraction of sp³-hybridized carbons (Fsp3) is 0.562. The summed E-state index contributed by atoms with van der Waals surface area (Å²) in [6.07, 6.45) is 3.97. The highest BCUT2D eigenvalue weighted by Crippen LogP contribution is 2.45. The molecule has 2 N–H and O–H groups in total. The summed E-state index contributed by atoms with van der Waals surface area (Å²) in [7, 11) is 0. The van der Waals surface area contributed by atoms with Crippen LogP contribution in [0.3, 0.4) is 0 Å². The summed E-state index contributed by atoms with van der Waals surface area (Å²) in [5, 5.41) is 15.8. The van der Waals surface area contributed by atoms with Crippen molar-refractivity contribution in [3.63, 3.8) is 0 Å². The third-order valence-corrected chi connectivity index (χ3v) is 6.30. The number of halogens is 2. The molecule has 2 aromatic heterocycles. The molecule has 2 aliphatic rings. The lowest BCUT2D eigenvalue weighted by Gasteiger charge is -2.02. The van der Waals surface area contributed by atoms with E-state index in [0.29, 0.717) is 17.1 Å². The maximum atomic E-state index is 12.4. The number of rotatable bonds is 6. The predicted octanol–water partition coefficient (Wildman–Crippen LogP) is 4.17. The van der Waals surface area contributed by atoms with Gasteiger partial charge in [0.2, 0.25) is 5.13 Å². The number of carbonyl (C=O) groups excluding carboxylic acids is 1. The first kappa shape index (κ1) is 20.6. The van der Waals surface area contributed by atoms with E-state index in [1.165, 1.54) is 41.0 Å². The summed E-state index contributed by atoms with van der Waals surface area (Å²) < 4.78 is 0. The van der Waals surface area contributed by atoms with Gasteiger partial charge in [0.15, 0.2) is 0 Å². The van der Waals surface area contributed by atoms with Crippen molar-refractivity contribution in [2.45, 2.75) is 45.1 Å². The number of anilines is 1. The molecule has 0 aromatic carbocycles. The van der Waals surface area contributed by atoms with Crippen molar-refractivity contribution in [3.8, 4) is 0 Å². The number of nitrogens with one attached hydrogen (secondary N) is 2. The molecular weight excluding hydrogens is 399 g/mol. The number of hydrogen-bond donors (Lipinski definition) is 2. The van der Waals surface area contributed by atoms with Crippen molar-refractivity contribution in [2.24, 2.45) is 5.92 Å². The van der Waals surface area contributed by atoms with Crippen molar-refractivity contribution in [2.75, 3.05) is 11.9 Å². The summed E-state index contributed by atoms with van der Waals surface area (Å²) in [4.78, 5) is 14.4. The molecule has 0 saturated heterocycles. The molecule has 0 unspecified atom stereocenters. The average Bonchev–Trinajstić information content (AvgIpc) is 3.41. The molecule has 0 bridgehead atoms. The van der Waals surface area contributed by atoms with Crippen molar-refractivity contribution < 1.29 is 4.79 Å². The molecule has 2 aromatic rings. The highest BCUT2D eigenvalue weighted by Gasteiger charge is 2.40. The highest BCUT2D eigenvalue weighted by atomic mass is 35.5. The smallest absolute Gasteiger partial charge is 0.267 e. The largest absolute Gasteiger partial charge is 0.313 e. The van der Waals surface area contributed by atoms with Crippen molar-refractivity contribution in [1.82, 2.24) is 15.5 Å². The van der Waals surface area contributed by atoms with Crippen LogP contribution < -0.4 is 10.6 Å². The van der Waals surface area contributed by atoms with Crippen LogP contribution in [0.15, 0.2) is 6.07 Å². The minimum atomic E-state index is -0.0800. The van der Waals surface area contributed by atoms with Crippen LogP contribution >= 0.6 is 47.5 Å². The Labute approximate surface area is 167 Å². The Morgan fingerprint density at radius 2 is 2.00 bits per heavy atom. The van der Waals surface area contributed by atoms with E-state index < -0.39 is 0 Å². The highest BCUT2D eigenvalue weighted by molar-refractivity contribution is 7.16. The van der Waals surface area contributed by atoms with Crippen molar-refractivity contribution >= 4 is 58.5 Å². The summed E-state index contributed by atoms with van der Waals surface area (Å²) in [5.41, 5.74) is 1.34. The molecule has 1 amide bonds. The van der Waals surface area contributed by atoms with Crippen LogP contribution in [-0.2, 0) is 0 Å². The van der Waals surface area contributed by atoms with Crippen LogP contribution in [-0.4, -0.2) is 28.7 Å². The van der Waals surface area contributed by atoms with E-state index >= 15 is 0 Å². The van der Waals surface area contributed by atoms with E-state index in [0.717, 1.165) is 22.3 Å². The number of hydrogen-bond acceptors (Lipinski definition) is 6. The Morgan fingerprint density at radius 3 is 2.64 bits per heavy atom. The predicted molar refractivity (Wildman–Crippen MR) is 108 cm³/mol. The molecule has 2 saturated carbocycles. The van der Waals surface area contributed by atoms with Crippen molar-refractivity contribution in [3.05, 3.63) is 26.4 Å². The second kappa shape index (κ2) is 8.31. The van der Waals surface area contributed by atoms with Gasteiger partial charge in [-0.1, -0.05) is 11.3 Å². The third-order valence-electron chi connectivity index (χ3n) is 4.48. The molecule has 2 heterocycles. The van der Waals surface area contributed by atoms with Crippen LogP contribution in [0, 0.1) is 19.8 Å². The first-order valence-corrected chi connectivity index (χ1v) is 9.68. The van der Waals surface area contributed by atoms with Gasteiger partial charge in [-0.3, -0.25) is 10.1 Å². The lowest BCUT2D eigenvalue weighted by molar-refractivity contribution is 0.103. The Morgan fingerprint density at radius 1 is 1.24 bits per heavy atom. The first-order valence-electron chi connectivity index (χ1n) is 8.05. The normalized spacial score (nSPS) is 21.2. The van der Waals surface area contributed by atoms with Crippen LogP contribution in [0.1, 0.15) is 50.3 Å². The zero-order valence-corrected chi connectivity index (χ0v) is 17.3. The van der Waals surface area contributed by atoms with E-state index in [1.807, 2.05) is 6.92 Å². The van der Waals surface area contributed by atoms with Gasteiger partial charge < -0.3 is 5.32 Å². The standard InChI is InChI=1S/C16H20N4OS2.2ClH/c1-8-11(12-5-13(12)17-7-10-3-4-10)6-14(22-8)15(21)18-16-20-19-9(2)23-16;;/h6,10,12-13,17H,3-5,7H2,1-2H3,(H,18,20,21);2*1H/t12-,13+;;/m0../s1. The molecule has 138 valence electrons. The van der Waals surface area contributed by atoms with Crippen LogP contribution in [0.5, 0.6) is 0 Å². The molecule has 2 fully saturated rings. The van der Waals surface area contributed by atoms with Gasteiger partial charge in [0.1, 0.15) is 5.01 Å². The third kappa shape index (κ3) is 4.92. The molecule has 2 atom stereocenters. The van der Waals surface area contributed by atoms with Gasteiger partial charge in [-0.05, 0) is 57.2 Å². The van der Waals surface area contributed by atoms with E-state index in [4.69, 9.17) is 0 Å². The summed E-state index contributed by atoms with van der Waals surface area (Å²) in [5.74, 6) is 1.41. The second-order valence-electron chi connectivity index (χ2n) is 6.50. The minimum absolute atomic E-state index is 0. The molecule has 4 rings (SSSR count). The summed E-state index contributed by atoms with van der Waals surface area (Å²) in [6.45, 7) is 5.15. The monoisotopic (exact) mass is 420 g/mol. The molecule has 5 nitrogen and oxygen atoms in total. The number of amides is 1. The van der Waals surface area contributed by atoms with E-state index in [2.05, 4.69) is 33.8 Å². The van der Waals surface area contributed by atoms with Gasteiger partial charge in [0.05, 0.1) is 4.88 Å². The van der Waals surface area contributed by atoms with Gasteiger partial charge in [-0.15, -0.1) is 46.3 Å². The number of aromatic nitrogens is 2. The van der Waals surface area contributed by atoms with Gasteiger partial charge in [-0.2, -0.15) is 0 Å². The summed E-state index contributed by atoms with van der Waals surface area (Å²) in [6, 6.07) is 2.66. The minimum Gasteiger partial charge on any atom is -0.313 e. The molecule has 0 spiro atoms. The Hall–Kier alpha value is -0.730. The topological polar surface area (TPSA) is 66.9 Å². The molecule has 0 radical (unpaired) electrons. The Balaban J connectivity index is 0.00000113. The fourth-order valence-electron chi connectivity index (χ4n) is 2.89. The maximum Gasteiger partial charge on any atom is 0.267 e. The quantitative estimate of drug-likeness (QED) is 0.735. The maximum absolute atomic E-state index is 12.4. The van der Waals surface area contributed by atoms with Gasteiger partial charge in [-0.25, -0.2) is 0 Å². The summed E-state index contributed by atoms with van der Waals surface area (Å²) >= 11 is 2.97. The van der Waals surface area contributed by atoms with Gasteiger partial charge in [0.25, 0.3) is 5.91 Å². The van der Waals surface area contributed by atoms with E-state index in [1.54, 1.807) is 11.3 Å². The number of nitrogens with zero attached hydrogens (tertiary/aromatic N) is 2. The lowest BCUT2D eigenvalue weighted by atomic mass is 10.1.